The molecular formula is C65H88ClN9O18S2. The van der Waals surface area contributed by atoms with Gasteiger partial charge in [-0.3, -0.25) is 39.0 Å². The Morgan fingerprint density at radius 3 is 2.43 bits per heavy atom. The van der Waals surface area contributed by atoms with E-state index in [2.05, 4.69) is 16.0 Å². The van der Waals surface area contributed by atoms with E-state index in [0.29, 0.717) is 29.8 Å². The molecule has 6 N–H and O–H groups in total. The van der Waals surface area contributed by atoms with Crippen molar-refractivity contribution in [2.75, 3.05) is 85.5 Å². The molecular weight excluding hydrogens is 1290 g/mol. The van der Waals surface area contributed by atoms with Gasteiger partial charge in [0.05, 0.1) is 42.2 Å². The summed E-state index contributed by atoms with van der Waals surface area (Å²) < 4.78 is 40.7. The molecule has 1 aliphatic carbocycles. The molecule has 30 heteroatoms. The topological polar surface area (TPSA) is 337 Å². The lowest BCUT2D eigenvalue weighted by atomic mass is 9.83. The summed E-state index contributed by atoms with van der Waals surface area (Å²) in [4.78, 5) is 140. The van der Waals surface area contributed by atoms with E-state index in [4.69, 9.17) is 50.5 Å². The molecule has 0 aromatic heterocycles. The summed E-state index contributed by atoms with van der Waals surface area (Å²) in [5, 5.41) is 19.1. The predicted molar refractivity (Wildman–Crippen MR) is 355 cm³/mol. The zero-order valence-electron chi connectivity index (χ0n) is 55.5. The van der Waals surface area contributed by atoms with Crippen molar-refractivity contribution in [2.45, 2.75) is 151 Å². The van der Waals surface area contributed by atoms with Gasteiger partial charge >= 0.3 is 24.2 Å². The summed E-state index contributed by atoms with van der Waals surface area (Å²) in [6.07, 6.45) is 7.16. The number of nitrogens with one attached hydrogen (secondary N) is 3. The highest BCUT2D eigenvalue weighted by Gasteiger charge is 2.64. The molecule has 2 unspecified atom stereocenters. The molecule has 3 fully saturated rings. The first-order chi connectivity index (χ1) is 45.0. The molecule has 9 amide bonds. The molecule has 2 aromatic carbocycles. The zero-order valence-corrected chi connectivity index (χ0v) is 57.9. The number of fused-ring (bicyclic) bond motifs is 5. The van der Waals surface area contributed by atoms with Crippen molar-refractivity contribution in [2.24, 2.45) is 11.7 Å². The molecule has 4 aliphatic heterocycles. The number of thioether (sulfide) groups is 2. The maximum atomic E-state index is 14.5. The van der Waals surface area contributed by atoms with Crippen LogP contribution in [0.5, 0.6) is 11.5 Å². The average molecular weight is 1380 g/mol. The molecule has 11 atom stereocenters. The number of alkyl carbamates (subject to hydrolysis) is 1. The highest BCUT2D eigenvalue weighted by Crippen LogP contribution is 2.49. The number of imide groups is 1. The Morgan fingerprint density at radius 2 is 1.73 bits per heavy atom. The monoisotopic (exact) mass is 1380 g/mol. The number of epoxide rings is 1. The maximum absolute atomic E-state index is 14.5. The van der Waals surface area contributed by atoms with Crippen LogP contribution in [0.3, 0.4) is 0 Å². The Balaban J connectivity index is 0.930. The van der Waals surface area contributed by atoms with Crippen LogP contribution < -0.4 is 36.1 Å². The van der Waals surface area contributed by atoms with Crippen LogP contribution in [0, 0.1) is 5.92 Å². The normalized spacial score (nSPS) is 26.9. The first-order valence-electron chi connectivity index (χ1n) is 31.3. The highest BCUT2D eigenvalue weighted by atomic mass is 35.5. The first kappa shape index (κ1) is 75.0. The van der Waals surface area contributed by atoms with Gasteiger partial charge in [0.1, 0.15) is 53.1 Å². The Hall–Kier alpha value is -7.41. The summed E-state index contributed by atoms with van der Waals surface area (Å²) in [7, 11) is 8.77. The second-order valence-electron chi connectivity index (χ2n) is 24.5. The third-order valence-corrected chi connectivity index (χ3v) is 20.0. The van der Waals surface area contributed by atoms with Gasteiger partial charge in [-0.2, -0.15) is 11.8 Å². The molecule has 3 saturated heterocycles. The summed E-state index contributed by atoms with van der Waals surface area (Å²) in [6, 6.07) is 5.70. The number of nitrogens with two attached hydrogens (primary N) is 1. The SMILES string of the molecule is COc1cc2cc(c1Cl)N(C)C(=O)C[C@H](OC(=O)[C@H](C)N(C)C(=O)CCSC(=O)N(C)CCN(C)C(=O)OCc1ccc(OC(=O)NC3CCCC/C=C/[C@@H]3N)c(C(=O)NCCN3C(=O)CC(SC)C3=O)c1)[C@]1(C)O[C@H]1[C@H](C)[C@@H]1C[C@@](O)(NC(=O)O1)[C@H](OC)/C=C/C=C(\C)C2. The number of amides is 9. The van der Waals surface area contributed by atoms with Crippen LogP contribution in [-0.2, 0) is 60.7 Å². The number of methoxy groups -OCH3 is 2. The van der Waals surface area contributed by atoms with Gasteiger partial charge < -0.3 is 74.2 Å². The van der Waals surface area contributed by atoms with E-state index in [1.807, 2.05) is 25.2 Å². The van der Waals surface area contributed by atoms with Crippen molar-refractivity contribution in [3.05, 3.63) is 88.0 Å². The second-order valence-corrected chi connectivity index (χ2v) is 27.0. The predicted octanol–water partition coefficient (Wildman–Crippen LogP) is 6.09. The van der Waals surface area contributed by atoms with Crippen LogP contribution in [0.15, 0.2) is 66.3 Å². The fourth-order valence-corrected chi connectivity index (χ4v) is 13.2. The molecule has 5 aliphatic rings. The molecule has 2 aromatic rings. The second kappa shape index (κ2) is 33.5. The van der Waals surface area contributed by atoms with Crippen LogP contribution in [0.25, 0.3) is 0 Å². The smallest absolute Gasteiger partial charge is 0.412 e. The van der Waals surface area contributed by atoms with Gasteiger partial charge in [-0.15, -0.1) is 0 Å². The van der Waals surface area contributed by atoms with Crippen molar-refractivity contribution in [1.82, 2.24) is 35.6 Å². The van der Waals surface area contributed by atoms with Gasteiger partial charge in [0.15, 0.2) is 5.72 Å². The third-order valence-electron chi connectivity index (χ3n) is 17.7. The number of benzene rings is 2. The number of esters is 1. The Labute approximate surface area is 566 Å². The standard InChI is InChI=1S/C65H88ClN9O18S2/c1-37-17-16-20-50(88-10)65(86)35-48(91-61(83)70-65)38(2)56-64(4,93-56)51(34-53(77)74(8)45-31-41(29-37)32-47(87-9)55(45)66)92-59(81)39(3)73(7)52(76)23-28-95-63(85)72(6)27-26-71(5)62(84)89-36-40-21-22-46(90-60(82)69-44-19-15-13-12-14-18-43(44)67)42(30-40)57(79)68-24-25-75-54(78)33-49(94-11)58(75)80/h14,16-18,20-22,30-32,38-39,43-44,48-51,56,86H,12-13,15,19,23-29,33-36,67H2,1-11H3,(H,68,79)(H,69,82)(H,70,83)/b18-14+,20-16+,37-17+/t38-,39+,43+,44?,48+,49?,50-,51+,56+,64+,65+/m1/s1. The van der Waals surface area contributed by atoms with E-state index in [9.17, 15) is 53.1 Å². The Kier molecular flexibility index (Phi) is 26.4. The first-order valence-corrected chi connectivity index (χ1v) is 34.0. The maximum Gasteiger partial charge on any atom is 0.412 e. The molecule has 7 rings (SSSR count). The molecule has 4 bridgehead atoms. The van der Waals surface area contributed by atoms with E-state index in [1.165, 1.54) is 98.9 Å². The van der Waals surface area contributed by atoms with Gasteiger partial charge in [-0.05, 0) is 88.1 Å². The quantitative estimate of drug-likeness (QED) is 0.0329. The van der Waals surface area contributed by atoms with Gasteiger partial charge in [0.25, 0.3) is 11.1 Å². The van der Waals surface area contributed by atoms with Crippen molar-refractivity contribution < 1.29 is 86.2 Å². The molecule has 0 saturated carbocycles. The van der Waals surface area contributed by atoms with E-state index in [0.717, 1.165) is 47.1 Å². The van der Waals surface area contributed by atoms with Gasteiger partial charge in [-0.25, -0.2) is 19.2 Å². The van der Waals surface area contributed by atoms with Crippen molar-refractivity contribution in [1.29, 1.82) is 0 Å². The molecule has 95 heavy (non-hydrogen) atoms. The third kappa shape index (κ3) is 19.2. The van der Waals surface area contributed by atoms with E-state index >= 15 is 0 Å². The summed E-state index contributed by atoms with van der Waals surface area (Å²) >= 11 is 8.96. The lowest BCUT2D eigenvalue weighted by Crippen LogP contribution is -2.63. The van der Waals surface area contributed by atoms with E-state index in [1.54, 1.807) is 44.4 Å². The van der Waals surface area contributed by atoms with Crippen LogP contribution in [0.4, 0.5) is 24.9 Å². The van der Waals surface area contributed by atoms with Crippen LogP contribution in [-0.4, -0.2) is 223 Å². The highest BCUT2D eigenvalue weighted by molar-refractivity contribution is 8.13. The number of halogens is 1. The largest absolute Gasteiger partial charge is 0.495 e. The lowest BCUT2D eigenvalue weighted by Gasteiger charge is -2.42. The number of hydrogen-bond donors (Lipinski definition) is 5. The summed E-state index contributed by atoms with van der Waals surface area (Å²) in [6.45, 7) is 6.36. The zero-order chi connectivity index (χ0) is 69.6. The minimum absolute atomic E-state index is 0.0142. The Bertz CT molecular complexity index is 3300. The number of likely N-dealkylation sites (tertiary alicyclic amines) is 1. The van der Waals surface area contributed by atoms with Gasteiger partial charge in [0.2, 0.25) is 23.6 Å². The molecule has 4 heterocycles. The summed E-state index contributed by atoms with van der Waals surface area (Å²) in [5.74, 6) is -3.70. The van der Waals surface area contributed by atoms with Crippen molar-refractivity contribution in [3.63, 3.8) is 0 Å². The molecule has 520 valence electrons. The summed E-state index contributed by atoms with van der Waals surface area (Å²) in [5.41, 5.74) is 5.25. The van der Waals surface area contributed by atoms with Crippen LogP contribution in [0.1, 0.15) is 101 Å². The van der Waals surface area contributed by atoms with Crippen LogP contribution in [0.2, 0.25) is 5.02 Å². The number of allylic oxidation sites excluding steroid dienone is 4. The number of aliphatic hydroxyl groups is 1. The number of rotatable bonds is 20. The van der Waals surface area contributed by atoms with Gasteiger partial charge in [-0.1, -0.05) is 78.7 Å². The molecule has 0 radical (unpaired) electrons. The van der Waals surface area contributed by atoms with Gasteiger partial charge in [0, 0.05) is 98.5 Å². The molecule has 27 nitrogen and oxygen atoms in total. The minimum atomic E-state index is -1.91. The lowest BCUT2D eigenvalue weighted by molar-refractivity contribution is -0.162. The molecule has 0 spiro atoms. The number of likely N-dealkylation sites (N-methyl/N-ethyl adjacent to an activating group) is 3. The number of carbonyl (C=O) groups excluding carboxylic acids is 10. The number of anilines is 1. The minimum Gasteiger partial charge on any atom is -0.495 e. The fraction of sp³-hybridized carbons (Fsp3) is 0.569. The number of carbonyl (C=O) groups is 10. The van der Waals surface area contributed by atoms with E-state index in [-0.39, 0.29) is 86.0 Å². The van der Waals surface area contributed by atoms with E-state index < -0.39 is 119 Å². The fourth-order valence-electron chi connectivity index (χ4n) is 11.5. The number of hydrogen-bond acceptors (Lipinski definition) is 21. The van der Waals surface area contributed by atoms with Crippen molar-refractivity contribution >= 4 is 99.8 Å². The van der Waals surface area contributed by atoms with Crippen molar-refractivity contribution in [3.8, 4) is 11.5 Å². The number of nitrogens with zero attached hydrogens (tertiary/aromatic N) is 5. The number of ether oxygens (including phenoxy) is 7. The Morgan fingerprint density at radius 1 is 0.989 bits per heavy atom. The van der Waals surface area contributed by atoms with Crippen LogP contribution >= 0.6 is 35.1 Å². The average Bonchev–Trinajstić information content (AvgIpc) is 1.59.